The van der Waals surface area contributed by atoms with E-state index >= 15 is 0 Å². The molecule has 1 aromatic carbocycles. The second kappa shape index (κ2) is 11.2. The molecule has 2 saturated heterocycles. The lowest BCUT2D eigenvalue weighted by Gasteiger charge is -2.47. The molecule has 1 saturated carbocycles. The predicted octanol–water partition coefficient (Wildman–Crippen LogP) is 3.85. The molecule has 0 bridgehead atoms. The Morgan fingerprint density at radius 3 is 2.24 bits per heavy atom. The number of amides is 2. The number of carbonyl (C=O) groups is 1. The second-order valence-electron chi connectivity index (χ2n) is 10.6. The largest absolute Gasteiger partial charge is 0.379 e. The first-order chi connectivity index (χ1) is 16.0. The van der Waals surface area contributed by atoms with Gasteiger partial charge in [-0.2, -0.15) is 0 Å². The fraction of sp³-hybridized carbons (Fsp3) is 0.741. The number of carbonyl (C=O) groups excluding carboxylic acids is 1. The predicted molar refractivity (Wildman–Crippen MR) is 134 cm³/mol. The molecule has 1 aromatic rings. The summed E-state index contributed by atoms with van der Waals surface area (Å²) in [5, 5.41) is 3.44. The molecule has 2 heterocycles. The SMILES string of the molecule is CO[C@H]1CCCC(N2CCN(C(C)C)CC2)[C@H]1NC(=O)N1CCC(c2ccc(C)cc2)CC1. The molecule has 2 aliphatic heterocycles. The zero-order chi connectivity index (χ0) is 23.4. The van der Waals surface area contributed by atoms with Gasteiger partial charge in [-0.05, 0) is 64.4 Å². The van der Waals surface area contributed by atoms with Gasteiger partial charge in [-0.1, -0.05) is 29.8 Å². The summed E-state index contributed by atoms with van der Waals surface area (Å²) in [5.74, 6) is 0.557. The van der Waals surface area contributed by atoms with Crippen molar-refractivity contribution in [3.63, 3.8) is 0 Å². The van der Waals surface area contributed by atoms with Crippen molar-refractivity contribution in [1.82, 2.24) is 20.0 Å². The number of piperidine rings is 1. The monoisotopic (exact) mass is 456 g/mol. The van der Waals surface area contributed by atoms with E-state index in [1.54, 1.807) is 7.11 Å². The Balaban J connectivity index is 1.35. The number of aryl methyl sites for hydroxylation is 1. The lowest BCUT2D eigenvalue weighted by Crippen LogP contribution is -2.64. The summed E-state index contributed by atoms with van der Waals surface area (Å²) in [4.78, 5) is 20.5. The molecule has 0 spiro atoms. The number of nitrogens with one attached hydrogen (secondary N) is 1. The van der Waals surface area contributed by atoms with E-state index in [9.17, 15) is 4.79 Å². The smallest absolute Gasteiger partial charge is 0.317 e. The summed E-state index contributed by atoms with van der Waals surface area (Å²) in [6, 6.07) is 10.0. The first kappa shape index (κ1) is 24.5. The second-order valence-corrected chi connectivity index (χ2v) is 10.6. The van der Waals surface area contributed by atoms with Gasteiger partial charge in [-0.15, -0.1) is 0 Å². The number of hydrogen-bond donors (Lipinski definition) is 1. The quantitative estimate of drug-likeness (QED) is 0.731. The van der Waals surface area contributed by atoms with Gasteiger partial charge < -0.3 is 15.0 Å². The highest BCUT2D eigenvalue weighted by Gasteiger charge is 2.40. The molecule has 3 aliphatic rings. The molecule has 4 rings (SSSR count). The number of urea groups is 1. The Kier molecular flexibility index (Phi) is 8.31. The van der Waals surface area contributed by atoms with Gasteiger partial charge in [0.2, 0.25) is 0 Å². The highest BCUT2D eigenvalue weighted by atomic mass is 16.5. The minimum atomic E-state index is 0.0664. The number of hydrogen-bond acceptors (Lipinski definition) is 4. The van der Waals surface area contributed by atoms with Gasteiger partial charge in [0, 0.05) is 58.5 Å². The minimum absolute atomic E-state index is 0.0664. The Morgan fingerprint density at radius 1 is 0.970 bits per heavy atom. The Bertz CT molecular complexity index is 752. The molecule has 2 amide bonds. The van der Waals surface area contributed by atoms with Crippen LogP contribution in [0.4, 0.5) is 4.79 Å². The van der Waals surface area contributed by atoms with Crippen molar-refractivity contribution in [2.45, 2.75) is 83.0 Å². The standard InChI is InChI=1S/C27H44N4O2/c1-20(2)29-16-18-30(19-17-29)24-6-5-7-25(33-4)26(24)28-27(32)31-14-12-23(13-15-31)22-10-8-21(3)9-11-22/h8-11,20,23-26H,5-7,12-19H2,1-4H3,(H,28,32)/t24?,25-,26+/m0/s1. The summed E-state index contributed by atoms with van der Waals surface area (Å²) < 4.78 is 5.89. The van der Waals surface area contributed by atoms with Crippen molar-refractivity contribution in [3.05, 3.63) is 35.4 Å². The number of piperazine rings is 1. The van der Waals surface area contributed by atoms with E-state index < -0.39 is 0 Å². The van der Waals surface area contributed by atoms with Crippen molar-refractivity contribution >= 4 is 6.03 Å². The average molecular weight is 457 g/mol. The van der Waals surface area contributed by atoms with Crippen LogP contribution in [-0.2, 0) is 4.74 Å². The molecular weight excluding hydrogens is 412 g/mol. The van der Waals surface area contributed by atoms with Crippen LogP contribution >= 0.6 is 0 Å². The maximum absolute atomic E-state index is 13.3. The molecule has 184 valence electrons. The molecule has 1 aliphatic carbocycles. The first-order valence-corrected chi connectivity index (χ1v) is 13.1. The number of nitrogens with zero attached hydrogens (tertiary/aromatic N) is 3. The third-order valence-electron chi connectivity index (χ3n) is 8.28. The average Bonchev–Trinajstić information content (AvgIpc) is 2.85. The van der Waals surface area contributed by atoms with E-state index in [4.69, 9.17) is 4.74 Å². The minimum Gasteiger partial charge on any atom is -0.379 e. The molecule has 0 radical (unpaired) electrons. The number of benzene rings is 1. The van der Waals surface area contributed by atoms with E-state index in [0.717, 1.165) is 65.0 Å². The molecule has 6 heteroatoms. The van der Waals surface area contributed by atoms with Crippen molar-refractivity contribution in [3.8, 4) is 0 Å². The van der Waals surface area contributed by atoms with Crippen molar-refractivity contribution < 1.29 is 9.53 Å². The van der Waals surface area contributed by atoms with Crippen LogP contribution in [0.15, 0.2) is 24.3 Å². The molecule has 1 N–H and O–H groups in total. The van der Waals surface area contributed by atoms with Gasteiger partial charge in [-0.3, -0.25) is 9.80 Å². The van der Waals surface area contributed by atoms with Crippen LogP contribution < -0.4 is 5.32 Å². The molecular formula is C27H44N4O2. The maximum Gasteiger partial charge on any atom is 0.317 e. The number of rotatable bonds is 5. The van der Waals surface area contributed by atoms with Gasteiger partial charge in [0.15, 0.2) is 0 Å². The number of likely N-dealkylation sites (tertiary alicyclic amines) is 1. The third-order valence-corrected chi connectivity index (χ3v) is 8.28. The third kappa shape index (κ3) is 5.90. The summed E-state index contributed by atoms with van der Waals surface area (Å²) >= 11 is 0. The van der Waals surface area contributed by atoms with Gasteiger partial charge in [0.1, 0.15) is 0 Å². The van der Waals surface area contributed by atoms with Gasteiger partial charge in [0.05, 0.1) is 12.1 Å². The van der Waals surface area contributed by atoms with E-state index in [-0.39, 0.29) is 18.2 Å². The highest BCUT2D eigenvalue weighted by molar-refractivity contribution is 5.75. The molecule has 3 atom stereocenters. The molecule has 0 aromatic heterocycles. The molecule has 33 heavy (non-hydrogen) atoms. The highest BCUT2D eigenvalue weighted by Crippen LogP contribution is 2.30. The maximum atomic E-state index is 13.3. The van der Waals surface area contributed by atoms with Crippen LogP contribution in [0.2, 0.25) is 0 Å². The van der Waals surface area contributed by atoms with Crippen molar-refractivity contribution in [2.75, 3.05) is 46.4 Å². The molecule has 6 nitrogen and oxygen atoms in total. The van der Waals surface area contributed by atoms with E-state index in [2.05, 4.69) is 60.2 Å². The van der Waals surface area contributed by atoms with Crippen LogP contribution in [0, 0.1) is 6.92 Å². The molecule has 1 unspecified atom stereocenters. The number of ether oxygens (including phenoxy) is 1. The van der Waals surface area contributed by atoms with Crippen LogP contribution in [0.5, 0.6) is 0 Å². The summed E-state index contributed by atoms with van der Waals surface area (Å²) in [7, 11) is 1.80. The van der Waals surface area contributed by atoms with Gasteiger partial charge >= 0.3 is 6.03 Å². The Labute approximate surface area is 200 Å². The zero-order valence-corrected chi connectivity index (χ0v) is 21.1. The van der Waals surface area contributed by atoms with E-state index in [1.165, 1.54) is 17.5 Å². The van der Waals surface area contributed by atoms with Crippen LogP contribution in [0.1, 0.15) is 63.0 Å². The fourth-order valence-corrected chi connectivity index (χ4v) is 6.07. The zero-order valence-electron chi connectivity index (χ0n) is 21.1. The first-order valence-electron chi connectivity index (χ1n) is 13.1. The van der Waals surface area contributed by atoms with Crippen LogP contribution in [0.3, 0.4) is 0 Å². The topological polar surface area (TPSA) is 48.1 Å². The summed E-state index contributed by atoms with van der Waals surface area (Å²) in [5.41, 5.74) is 2.71. The van der Waals surface area contributed by atoms with E-state index in [0.29, 0.717) is 18.0 Å². The van der Waals surface area contributed by atoms with Crippen LogP contribution in [-0.4, -0.2) is 91.3 Å². The fourth-order valence-electron chi connectivity index (χ4n) is 6.07. The number of methoxy groups -OCH3 is 1. The normalized spacial score (nSPS) is 28.3. The Morgan fingerprint density at radius 2 is 1.64 bits per heavy atom. The van der Waals surface area contributed by atoms with Gasteiger partial charge in [-0.25, -0.2) is 4.79 Å². The van der Waals surface area contributed by atoms with Crippen molar-refractivity contribution in [2.24, 2.45) is 0 Å². The van der Waals surface area contributed by atoms with Crippen LogP contribution in [0.25, 0.3) is 0 Å². The lowest BCUT2D eigenvalue weighted by atomic mass is 9.86. The summed E-state index contributed by atoms with van der Waals surface area (Å²) in [6.07, 6.45) is 5.51. The molecule has 3 fully saturated rings. The summed E-state index contributed by atoms with van der Waals surface area (Å²) in [6.45, 7) is 12.7. The lowest BCUT2D eigenvalue weighted by molar-refractivity contribution is -0.0180. The van der Waals surface area contributed by atoms with Crippen molar-refractivity contribution in [1.29, 1.82) is 0 Å². The van der Waals surface area contributed by atoms with E-state index in [1.807, 2.05) is 4.90 Å². The van der Waals surface area contributed by atoms with Gasteiger partial charge in [0.25, 0.3) is 0 Å². The Hall–Kier alpha value is -1.63.